The molecule has 2 aromatic heterocycles. The molecule has 6 nitrogen and oxygen atoms in total. The minimum Gasteiger partial charge on any atom is -0.354 e. The fourth-order valence-electron chi connectivity index (χ4n) is 5.33. The van der Waals surface area contributed by atoms with Crippen LogP contribution in [0.1, 0.15) is 74.4 Å². The Morgan fingerprint density at radius 2 is 1.77 bits per heavy atom. The van der Waals surface area contributed by atoms with E-state index in [0.717, 1.165) is 37.3 Å². The summed E-state index contributed by atoms with van der Waals surface area (Å²) >= 11 is 0. The first-order chi connectivity index (χ1) is 16.6. The second kappa shape index (κ2) is 10.2. The zero-order valence-corrected chi connectivity index (χ0v) is 21.9. The lowest BCUT2D eigenvalue weighted by Gasteiger charge is -2.32. The van der Waals surface area contributed by atoms with Gasteiger partial charge in [-0.2, -0.15) is 0 Å². The Morgan fingerprint density at radius 3 is 2.37 bits per heavy atom. The van der Waals surface area contributed by atoms with Gasteiger partial charge >= 0.3 is 0 Å². The number of amides is 2. The molecule has 0 radical (unpaired) electrons. The average molecular weight is 475 g/mol. The summed E-state index contributed by atoms with van der Waals surface area (Å²) in [5, 5.41) is 1.30. The predicted molar refractivity (Wildman–Crippen MR) is 142 cm³/mol. The van der Waals surface area contributed by atoms with Gasteiger partial charge in [0.25, 0.3) is 0 Å². The fraction of sp³-hybridized carbons (Fsp3) is 0.483. The molecular formula is C29H38N4O2. The van der Waals surface area contributed by atoms with E-state index >= 15 is 0 Å². The van der Waals surface area contributed by atoms with Crippen molar-refractivity contribution < 1.29 is 9.59 Å². The number of nitrogens with one attached hydrogen (secondary N) is 1. The highest BCUT2D eigenvalue weighted by atomic mass is 16.2. The summed E-state index contributed by atoms with van der Waals surface area (Å²) in [6.07, 6.45) is 2.33. The molecule has 1 aliphatic rings. The minimum atomic E-state index is -0.00483. The number of benzene rings is 1. The van der Waals surface area contributed by atoms with Crippen molar-refractivity contribution in [2.75, 3.05) is 26.7 Å². The van der Waals surface area contributed by atoms with Crippen molar-refractivity contribution in [3.63, 3.8) is 0 Å². The molecule has 186 valence electrons. The number of carbonyl (C=O) groups is 2. The lowest BCUT2D eigenvalue weighted by atomic mass is 9.87. The molecule has 1 aromatic carbocycles. The van der Waals surface area contributed by atoms with Gasteiger partial charge in [0, 0.05) is 67.9 Å². The van der Waals surface area contributed by atoms with Crippen LogP contribution in [0.5, 0.6) is 0 Å². The number of likely N-dealkylation sites (tertiary alicyclic amines) is 1. The normalized spacial score (nSPS) is 14.7. The average Bonchev–Trinajstić information content (AvgIpc) is 3.21. The van der Waals surface area contributed by atoms with Crippen LogP contribution in [0.2, 0.25) is 0 Å². The van der Waals surface area contributed by atoms with Gasteiger partial charge in [-0.1, -0.05) is 19.9 Å². The Labute approximate surface area is 208 Å². The van der Waals surface area contributed by atoms with Crippen molar-refractivity contribution in [3.8, 4) is 11.3 Å². The molecule has 0 saturated carbocycles. The number of hydrogen-bond acceptors (Lipinski definition) is 3. The van der Waals surface area contributed by atoms with Crippen LogP contribution in [0.25, 0.3) is 22.2 Å². The molecular weight excluding hydrogens is 436 g/mol. The van der Waals surface area contributed by atoms with Crippen LogP contribution in [-0.4, -0.2) is 58.3 Å². The van der Waals surface area contributed by atoms with E-state index in [1.807, 2.05) is 18.7 Å². The van der Waals surface area contributed by atoms with E-state index in [2.05, 4.69) is 54.1 Å². The summed E-state index contributed by atoms with van der Waals surface area (Å²) in [6.45, 7) is 12.2. The van der Waals surface area contributed by atoms with E-state index in [1.54, 1.807) is 11.9 Å². The van der Waals surface area contributed by atoms with E-state index in [4.69, 9.17) is 0 Å². The van der Waals surface area contributed by atoms with Crippen LogP contribution in [0.4, 0.5) is 0 Å². The number of pyridine rings is 1. The SMILES string of the molecule is CC(=O)N(C)CCC(=O)N1CCC(c2ccc3[nH]c(-c4cc(C)nc(C)c4)c(C(C)C)c3c2)CC1. The Balaban J connectivity index is 1.53. The van der Waals surface area contributed by atoms with Gasteiger partial charge in [-0.05, 0) is 73.9 Å². The lowest BCUT2D eigenvalue weighted by Crippen LogP contribution is -2.39. The Kier molecular flexibility index (Phi) is 7.29. The number of aryl methyl sites for hydroxylation is 2. The quantitative estimate of drug-likeness (QED) is 0.510. The second-order valence-electron chi connectivity index (χ2n) is 10.4. The largest absolute Gasteiger partial charge is 0.354 e. The Hall–Kier alpha value is -3.15. The molecule has 1 saturated heterocycles. The highest BCUT2D eigenvalue weighted by molar-refractivity contribution is 5.92. The molecule has 0 bridgehead atoms. The van der Waals surface area contributed by atoms with Gasteiger partial charge in [0.05, 0.1) is 5.69 Å². The van der Waals surface area contributed by atoms with Crippen molar-refractivity contribution in [2.24, 2.45) is 0 Å². The van der Waals surface area contributed by atoms with Gasteiger partial charge in [-0.25, -0.2) is 0 Å². The molecule has 1 fully saturated rings. The van der Waals surface area contributed by atoms with Crippen molar-refractivity contribution >= 4 is 22.7 Å². The molecule has 1 aliphatic heterocycles. The molecule has 6 heteroatoms. The van der Waals surface area contributed by atoms with Crippen molar-refractivity contribution in [2.45, 2.75) is 65.7 Å². The summed E-state index contributed by atoms with van der Waals surface area (Å²) in [4.78, 5) is 35.8. The number of rotatable bonds is 6. The summed E-state index contributed by atoms with van der Waals surface area (Å²) in [6, 6.07) is 11.2. The van der Waals surface area contributed by atoms with E-state index in [1.165, 1.54) is 40.2 Å². The molecule has 1 N–H and O–H groups in total. The second-order valence-corrected chi connectivity index (χ2v) is 10.4. The monoisotopic (exact) mass is 474 g/mol. The van der Waals surface area contributed by atoms with Crippen LogP contribution < -0.4 is 0 Å². The molecule has 0 aliphatic carbocycles. The Morgan fingerprint density at radius 1 is 1.11 bits per heavy atom. The molecule has 4 rings (SSSR count). The highest BCUT2D eigenvalue weighted by Crippen LogP contribution is 2.38. The number of H-pyrrole nitrogens is 1. The topological polar surface area (TPSA) is 69.3 Å². The van der Waals surface area contributed by atoms with Gasteiger partial charge in [-0.15, -0.1) is 0 Å². The number of carbonyl (C=O) groups excluding carboxylic acids is 2. The predicted octanol–water partition coefficient (Wildman–Crippen LogP) is 5.54. The van der Waals surface area contributed by atoms with Gasteiger partial charge < -0.3 is 14.8 Å². The first-order valence-electron chi connectivity index (χ1n) is 12.7. The van der Waals surface area contributed by atoms with Crippen molar-refractivity contribution in [1.82, 2.24) is 19.8 Å². The maximum absolute atomic E-state index is 12.6. The lowest BCUT2D eigenvalue weighted by molar-refractivity contribution is -0.133. The smallest absolute Gasteiger partial charge is 0.224 e. The molecule has 0 spiro atoms. The third kappa shape index (κ3) is 5.42. The first-order valence-corrected chi connectivity index (χ1v) is 12.7. The Bertz CT molecular complexity index is 1210. The van der Waals surface area contributed by atoms with Crippen LogP contribution >= 0.6 is 0 Å². The van der Waals surface area contributed by atoms with Crippen LogP contribution in [0.15, 0.2) is 30.3 Å². The standard InChI is InChI=1S/C29H38N4O2/c1-18(2)28-25-17-23(7-8-26(25)31-29(28)24-15-19(3)30-20(4)16-24)22-9-13-33(14-10-22)27(35)11-12-32(6)21(5)34/h7-8,15-18,22,31H,9-14H2,1-6H3. The van der Waals surface area contributed by atoms with E-state index in [0.29, 0.717) is 24.8 Å². The van der Waals surface area contributed by atoms with E-state index in [-0.39, 0.29) is 11.8 Å². The molecule has 35 heavy (non-hydrogen) atoms. The summed E-state index contributed by atoms with van der Waals surface area (Å²) in [5.74, 6) is 0.976. The molecule has 2 amide bonds. The van der Waals surface area contributed by atoms with Gasteiger partial charge in [0.1, 0.15) is 0 Å². The summed E-state index contributed by atoms with van der Waals surface area (Å²) < 4.78 is 0. The number of fused-ring (bicyclic) bond motifs is 1. The van der Waals surface area contributed by atoms with Gasteiger partial charge in [0.15, 0.2) is 0 Å². The van der Waals surface area contributed by atoms with Gasteiger partial charge in [-0.3, -0.25) is 14.6 Å². The zero-order chi connectivity index (χ0) is 25.3. The zero-order valence-electron chi connectivity index (χ0n) is 21.9. The van der Waals surface area contributed by atoms with Crippen molar-refractivity contribution in [1.29, 1.82) is 0 Å². The third-order valence-corrected chi connectivity index (χ3v) is 7.33. The molecule has 0 unspecified atom stereocenters. The maximum Gasteiger partial charge on any atom is 0.224 e. The number of hydrogen-bond donors (Lipinski definition) is 1. The maximum atomic E-state index is 12.6. The third-order valence-electron chi connectivity index (χ3n) is 7.33. The number of nitrogens with zero attached hydrogens (tertiary/aromatic N) is 3. The summed E-state index contributed by atoms with van der Waals surface area (Å²) in [5.41, 5.74) is 8.33. The van der Waals surface area contributed by atoms with Crippen LogP contribution in [0.3, 0.4) is 0 Å². The molecule has 3 heterocycles. The van der Waals surface area contributed by atoms with Gasteiger partial charge in [0.2, 0.25) is 11.8 Å². The fourth-order valence-corrected chi connectivity index (χ4v) is 5.33. The first kappa shape index (κ1) is 25.0. The highest BCUT2D eigenvalue weighted by Gasteiger charge is 2.25. The summed E-state index contributed by atoms with van der Waals surface area (Å²) in [7, 11) is 1.74. The van der Waals surface area contributed by atoms with Crippen LogP contribution in [0, 0.1) is 13.8 Å². The number of aromatic nitrogens is 2. The molecule has 3 aromatic rings. The minimum absolute atomic E-state index is 0.00483. The van der Waals surface area contributed by atoms with Crippen molar-refractivity contribution in [3.05, 3.63) is 52.8 Å². The molecule has 0 atom stereocenters. The van der Waals surface area contributed by atoms with E-state index < -0.39 is 0 Å². The number of aromatic amines is 1. The number of piperidine rings is 1. The van der Waals surface area contributed by atoms with Crippen LogP contribution in [-0.2, 0) is 9.59 Å². The van der Waals surface area contributed by atoms with E-state index in [9.17, 15) is 9.59 Å².